The van der Waals surface area contributed by atoms with Crippen LogP contribution in [0, 0.1) is 0 Å². The topological polar surface area (TPSA) is 199 Å². The highest BCUT2D eigenvalue weighted by Crippen LogP contribution is 2.30. The molecule has 0 radical (unpaired) electrons. The average Bonchev–Trinajstić information content (AvgIpc) is 2.86. The van der Waals surface area contributed by atoms with E-state index in [1.807, 2.05) is 0 Å². The second kappa shape index (κ2) is 15.5. The molecule has 1 heterocycles. The largest absolute Gasteiger partial charge is 0.478 e. The summed E-state index contributed by atoms with van der Waals surface area (Å²) in [5.41, 5.74) is 0.708. The highest BCUT2D eigenvalue weighted by molar-refractivity contribution is 5.75. The van der Waals surface area contributed by atoms with E-state index < -0.39 is 85.9 Å². The van der Waals surface area contributed by atoms with Crippen LogP contribution in [0.1, 0.15) is 33.3 Å². The molecule has 6 atom stereocenters. The molecule has 0 aromatic heterocycles. The highest BCUT2D eigenvalue weighted by atomic mass is 16.7. The first-order valence-electron chi connectivity index (χ1n) is 12.0. The van der Waals surface area contributed by atoms with E-state index in [4.69, 9.17) is 33.2 Å². The number of nitrogens with one attached hydrogen (secondary N) is 1. The number of ether oxygens (including phenoxy) is 7. The molecule has 0 aliphatic carbocycles. The first-order valence-corrected chi connectivity index (χ1v) is 12.0. The van der Waals surface area contributed by atoms with E-state index >= 15 is 0 Å². The number of aliphatic carboxylic acids is 1. The Morgan fingerprint density at radius 2 is 1.40 bits per heavy atom. The van der Waals surface area contributed by atoms with Crippen molar-refractivity contribution in [3.63, 3.8) is 0 Å². The number of rotatable bonds is 13. The third-order valence-corrected chi connectivity index (χ3v) is 5.12. The summed E-state index contributed by atoms with van der Waals surface area (Å²) in [5.74, 6) is -5.74. The predicted octanol–water partition coefficient (Wildman–Crippen LogP) is -0.170. The van der Waals surface area contributed by atoms with Crippen molar-refractivity contribution in [1.29, 1.82) is 0 Å². The van der Waals surface area contributed by atoms with E-state index in [0.717, 1.165) is 27.7 Å². The van der Waals surface area contributed by atoms with Crippen molar-refractivity contribution in [3.05, 3.63) is 35.9 Å². The Kier molecular flexibility index (Phi) is 12.4. The molecule has 2 N–H and O–H groups in total. The lowest BCUT2D eigenvalue weighted by atomic mass is 9.98. The Hall–Kier alpha value is -4.08. The number of hydrogen-bond donors (Lipinski definition) is 2. The van der Waals surface area contributed by atoms with E-state index in [0.29, 0.717) is 5.56 Å². The van der Waals surface area contributed by atoms with Crippen LogP contribution in [0.3, 0.4) is 0 Å². The van der Waals surface area contributed by atoms with Gasteiger partial charge < -0.3 is 38.3 Å². The molecule has 0 bridgehead atoms. The summed E-state index contributed by atoms with van der Waals surface area (Å²) in [6.07, 6.45) is -9.70. The Morgan fingerprint density at radius 1 is 0.825 bits per heavy atom. The number of carboxylic acids is 1. The molecule has 1 aromatic carbocycles. The van der Waals surface area contributed by atoms with Gasteiger partial charge in [-0.25, -0.2) is 4.79 Å². The summed E-state index contributed by atoms with van der Waals surface area (Å²) in [6.45, 7) is 3.01. The van der Waals surface area contributed by atoms with Crippen molar-refractivity contribution < 1.29 is 67.0 Å². The molecule has 1 fully saturated rings. The molecule has 2 rings (SSSR count). The lowest BCUT2D eigenvalue weighted by Crippen LogP contribution is -2.64. The van der Waals surface area contributed by atoms with Gasteiger partial charge in [-0.3, -0.25) is 29.3 Å². The fourth-order valence-electron chi connectivity index (χ4n) is 3.59. The van der Waals surface area contributed by atoms with Gasteiger partial charge in [-0.2, -0.15) is 0 Å². The fourth-order valence-corrected chi connectivity index (χ4v) is 3.59. The Balaban J connectivity index is 2.26. The van der Waals surface area contributed by atoms with Gasteiger partial charge >= 0.3 is 35.8 Å². The number of esters is 5. The van der Waals surface area contributed by atoms with E-state index in [-0.39, 0.29) is 6.61 Å². The van der Waals surface area contributed by atoms with E-state index in [2.05, 4.69) is 5.32 Å². The molecule has 1 aromatic rings. The number of carboxylic acid groups (broad SMARTS) is 1. The summed E-state index contributed by atoms with van der Waals surface area (Å²) in [7, 11) is 0. The van der Waals surface area contributed by atoms with Crippen LogP contribution in [0.15, 0.2) is 30.3 Å². The van der Waals surface area contributed by atoms with Crippen molar-refractivity contribution in [1.82, 2.24) is 5.32 Å². The molecule has 220 valence electrons. The number of benzene rings is 1. The Bertz CT molecular complexity index is 1060. The second-order valence-electron chi connectivity index (χ2n) is 8.45. The normalized spacial score (nSPS) is 22.8. The lowest BCUT2D eigenvalue weighted by Gasteiger charge is -2.44. The van der Waals surface area contributed by atoms with Crippen LogP contribution < -0.4 is 5.32 Å². The SMILES string of the molecule is CC(=O)OC[C@H]1O[C@H](OC(NCC(=O)OCc2ccccc2)C(=O)O)[C@@H](OC(C)=O)[C@H](OC(C)=O)[C@@H]1OC(C)=O. The molecular weight excluding hydrogens is 538 g/mol. The Labute approximate surface area is 228 Å². The number of carbonyl (C=O) groups excluding carboxylic acids is 5. The van der Waals surface area contributed by atoms with Gasteiger partial charge in [-0.15, -0.1) is 0 Å². The van der Waals surface area contributed by atoms with Gasteiger partial charge in [0, 0.05) is 27.7 Å². The van der Waals surface area contributed by atoms with Crippen LogP contribution in [-0.4, -0.2) is 91.0 Å². The molecule has 0 spiro atoms. The first kappa shape index (κ1) is 32.1. The molecule has 40 heavy (non-hydrogen) atoms. The fraction of sp³-hybridized carbons (Fsp3) is 0.520. The molecule has 1 unspecified atom stereocenters. The highest BCUT2D eigenvalue weighted by Gasteiger charge is 2.53. The molecule has 15 heteroatoms. The minimum atomic E-state index is -1.93. The summed E-state index contributed by atoms with van der Waals surface area (Å²) in [4.78, 5) is 71.1. The molecule has 0 saturated carbocycles. The van der Waals surface area contributed by atoms with Gasteiger partial charge in [0.05, 0.1) is 6.54 Å². The minimum absolute atomic E-state index is 0.0559. The van der Waals surface area contributed by atoms with E-state index in [9.17, 15) is 33.9 Å². The smallest absolute Gasteiger partial charge is 0.348 e. The zero-order valence-corrected chi connectivity index (χ0v) is 22.2. The minimum Gasteiger partial charge on any atom is -0.478 e. The van der Waals surface area contributed by atoms with Crippen LogP contribution in [-0.2, 0) is 68.5 Å². The summed E-state index contributed by atoms with van der Waals surface area (Å²) in [5, 5.41) is 12.0. The van der Waals surface area contributed by atoms with Crippen molar-refractivity contribution in [3.8, 4) is 0 Å². The van der Waals surface area contributed by atoms with Gasteiger partial charge in [-0.05, 0) is 5.56 Å². The predicted molar refractivity (Wildman–Crippen MR) is 129 cm³/mol. The summed E-state index contributed by atoms with van der Waals surface area (Å²) in [6, 6.07) is 8.75. The molecule has 0 amide bonds. The van der Waals surface area contributed by atoms with Crippen LogP contribution in [0.2, 0.25) is 0 Å². The monoisotopic (exact) mass is 569 g/mol. The van der Waals surface area contributed by atoms with Gasteiger partial charge in [0.15, 0.2) is 18.3 Å². The van der Waals surface area contributed by atoms with Crippen molar-refractivity contribution in [2.45, 2.75) is 71.2 Å². The van der Waals surface area contributed by atoms with Crippen molar-refractivity contribution in [2.24, 2.45) is 0 Å². The third kappa shape index (κ3) is 10.6. The van der Waals surface area contributed by atoms with Gasteiger partial charge in [0.2, 0.25) is 12.5 Å². The van der Waals surface area contributed by atoms with Crippen LogP contribution in [0.4, 0.5) is 0 Å². The maximum Gasteiger partial charge on any atom is 0.348 e. The van der Waals surface area contributed by atoms with Crippen LogP contribution in [0.5, 0.6) is 0 Å². The maximum atomic E-state index is 12.2. The van der Waals surface area contributed by atoms with Crippen molar-refractivity contribution >= 4 is 35.8 Å². The summed E-state index contributed by atoms with van der Waals surface area (Å²) < 4.78 is 37.0. The van der Waals surface area contributed by atoms with E-state index in [1.54, 1.807) is 30.3 Å². The maximum absolute atomic E-state index is 12.2. The molecule has 1 saturated heterocycles. The Morgan fingerprint density at radius 3 is 1.95 bits per heavy atom. The molecule has 1 aliphatic heterocycles. The lowest BCUT2D eigenvalue weighted by molar-refractivity contribution is -0.317. The van der Waals surface area contributed by atoms with E-state index in [1.165, 1.54) is 0 Å². The van der Waals surface area contributed by atoms with Gasteiger partial charge in [-0.1, -0.05) is 30.3 Å². The zero-order chi connectivity index (χ0) is 29.8. The van der Waals surface area contributed by atoms with Crippen molar-refractivity contribution in [2.75, 3.05) is 13.2 Å². The van der Waals surface area contributed by atoms with Crippen LogP contribution >= 0.6 is 0 Å². The third-order valence-electron chi connectivity index (χ3n) is 5.12. The first-order chi connectivity index (χ1) is 18.9. The standard InChI is InChI=1S/C25H31NO14/c1-13(27)34-12-18-20(36-14(2)28)21(37-15(3)29)22(38-16(4)30)25(39-18)40-23(24(32)33)26-10-19(31)35-11-17-8-6-5-7-9-17/h5-9,18,20-23,25-26H,10-12H2,1-4H3,(H,32,33)/t18-,20-,21-,22+,23?,25-/m1/s1. The second-order valence-corrected chi connectivity index (χ2v) is 8.45. The van der Waals surface area contributed by atoms with Gasteiger partial charge in [0.1, 0.15) is 19.3 Å². The summed E-state index contributed by atoms with van der Waals surface area (Å²) >= 11 is 0. The van der Waals surface area contributed by atoms with Gasteiger partial charge in [0.25, 0.3) is 0 Å². The number of carbonyl (C=O) groups is 6. The van der Waals surface area contributed by atoms with Crippen LogP contribution in [0.25, 0.3) is 0 Å². The average molecular weight is 570 g/mol. The number of hydrogen-bond acceptors (Lipinski definition) is 14. The molecule has 15 nitrogen and oxygen atoms in total. The quantitative estimate of drug-likeness (QED) is 0.180. The zero-order valence-electron chi connectivity index (χ0n) is 22.2. The molecule has 1 aliphatic rings. The molecular formula is C25H31NO14.